The number of carbonyl (C=O) groups is 1. The Kier molecular flexibility index (Phi) is 7.59. The summed E-state index contributed by atoms with van der Waals surface area (Å²) in [5, 5.41) is 8.62. The minimum absolute atomic E-state index is 0.0337. The van der Waals surface area contributed by atoms with E-state index in [4.69, 9.17) is 16.6 Å². The first kappa shape index (κ1) is 26.8. The van der Waals surface area contributed by atoms with Gasteiger partial charge in [-0.05, 0) is 62.6 Å². The lowest BCUT2D eigenvalue weighted by molar-refractivity contribution is 0.102. The van der Waals surface area contributed by atoms with Crippen LogP contribution in [0, 0.1) is 13.8 Å². The lowest BCUT2D eigenvalue weighted by Gasteiger charge is -2.32. The van der Waals surface area contributed by atoms with Gasteiger partial charge in [0.2, 0.25) is 15.2 Å². The fraction of sp³-hybridized carbons (Fsp3) is 0.370. The molecule has 1 aliphatic carbocycles. The van der Waals surface area contributed by atoms with Crippen LogP contribution in [0.25, 0.3) is 15.3 Å². The van der Waals surface area contributed by atoms with Gasteiger partial charge in [0.05, 0.1) is 25.8 Å². The molecule has 5 rings (SSSR count). The Morgan fingerprint density at radius 3 is 2.50 bits per heavy atom. The molecule has 8 nitrogen and oxygen atoms in total. The maximum absolute atomic E-state index is 13.4. The second kappa shape index (κ2) is 10.8. The van der Waals surface area contributed by atoms with Crippen LogP contribution in [0.1, 0.15) is 60.6 Å². The summed E-state index contributed by atoms with van der Waals surface area (Å²) >= 11 is 7.78. The van der Waals surface area contributed by atoms with Gasteiger partial charge in [-0.25, -0.2) is 13.4 Å². The van der Waals surface area contributed by atoms with E-state index in [9.17, 15) is 13.2 Å². The molecule has 1 aliphatic rings. The highest BCUT2D eigenvalue weighted by molar-refractivity contribution is 7.89. The number of aryl methyl sites for hydroxylation is 2. The summed E-state index contributed by atoms with van der Waals surface area (Å²) in [6, 6.07) is 11.7. The van der Waals surface area contributed by atoms with Gasteiger partial charge in [0.1, 0.15) is 5.82 Å². The van der Waals surface area contributed by atoms with Gasteiger partial charge in [-0.2, -0.15) is 14.1 Å². The third-order valence-corrected chi connectivity index (χ3v) is 10.5. The van der Waals surface area contributed by atoms with Gasteiger partial charge in [-0.3, -0.25) is 4.79 Å². The summed E-state index contributed by atoms with van der Waals surface area (Å²) in [5.74, 6) is 0.0940. The summed E-state index contributed by atoms with van der Waals surface area (Å²) < 4.78 is 30.8. The highest BCUT2D eigenvalue weighted by Gasteiger charge is 2.31. The van der Waals surface area contributed by atoms with Crippen LogP contribution in [0.3, 0.4) is 0 Å². The smallest absolute Gasteiger partial charge is 0.256 e. The van der Waals surface area contributed by atoms with E-state index in [-0.39, 0.29) is 16.8 Å². The molecule has 0 bridgehead atoms. The summed E-state index contributed by atoms with van der Waals surface area (Å²) in [4.78, 5) is 18.0. The minimum Gasteiger partial charge on any atom is -0.306 e. The molecule has 1 amide bonds. The molecule has 2 heterocycles. The molecular formula is C27H30ClN5O3S2. The van der Waals surface area contributed by atoms with Crippen LogP contribution < -0.4 is 5.32 Å². The summed E-state index contributed by atoms with van der Waals surface area (Å²) in [6.45, 7) is 6.11. The standard InChI is InChI=1S/C27H30ClN5O3S2/c1-4-32(20-8-6-5-7-9-20)38(35,36)21-13-11-19(12-14-21)26(34)29-23-16-18(3)31-33(23)27-30-24-17(2)10-15-22(28)25(24)37-27/h10-16,20H,4-9H2,1-3H3,(H,29,34). The monoisotopic (exact) mass is 571 g/mol. The van der Waals surface area contributed by atoms with Crippen molar-refractivity contribution in [3.63, 3.8) is 0 Å². The number of anilines is 1. The molecule has 0 radical (unpaired) electrons. The maximum atomic E-state index is 13.4. The van der Waals surface area contributed by atoms with E-state index >= 15 is 0 Å². The Hall–Kier alpha value is -2.79. The number of sulfonamides is 1. The number of hydrogen-bond acceptors (Lipinski definition) is 6. The summed E-state index contributed by atoms with van der Waals surface area (Å²) in [7, 11) is -3.64. The summed E-state index contributed by atoms with van der Waals surface area (Å²) in [5.41, 5.74) is 2.86. The lowest BCUT2D eigenvalue weighted by atomic mass is 9.95. The van der Waals surface area contributed by atoms with Crippen LogP contribution in [0.5, 0.6) is 0 Å². The number of aromatic nitrogens is 3. The average Bonchev–Trinajstić information content (AvgIpc) is 3.52. The molecule has 2 aromatic heterocycles. The normalized spacial score (nSPS) is 14.9. The van der Waals surface area contributed by atoms with E-state index < -0.39 is 10.0 Å². The fourth-order valence-electron chi connectivity index (χ4n) is 5.01. The lowest BCUT2D eigenvalue weighted by Crippen LogP contribution is -2.41. The SMILES string of the molecule is CCN(C1CCCCC1)S(=O)(=O)c1ccc(C(=O)Nc2cc(C)nn2-c2nc3c(C)ccc(Cl)c3s2)cc1. The molecule has 1 N–H and O–H groups in total. The molecule has 11 heteroatoms. The number of nitrogens with one attached hydrogen (secondary N) is 1. The second-order valence-corrected chi connectivity index (χ2v) is 12.9. The molecule has 0 saturated heterocycles. The molecule has 200 valence electrons. The minimum atomic E-state index is -3.64. The Morgan fingerprint density at radius 1 is 1.13 bits per heavy atom. The van der Waals surface area contributed by atoms with Crippen molar-refractivity contribution in [1.29, 1.82) is 0 Å². The van der Waals surface area contributed by atoms with Crippen molar-refractivity contribution in [2.24, 2.45) is 0 Å². The molecule has 0 unspecified atom stereocenters. The Labute approximate surface area is 231 Å². The maximum Gasteiger partial charge on any atom is 0.256 e. The van der Waals surface area contributed by atoms with Crippen molar-refractivity contribution in [2.75, 3.05) is 11.9 Å². The molecule has 2 aromatic carbocycles. The Balaban J connectivity index is 1.38. The second-order valence-electron chi connectivity index (χ2n) is 9.60. The fourth-order valence-corrected chi connectivity index (χ4v) is 7.99. The number of amides is 1. The Bertz CT molecular complexity index is 1550. The molecule has 38 heavy (non-hydrogen) atoms. The number of halogens is 1. The third-order valence-electron chi connectivity index (χ3n) is 6.96. The van der Waals surface area contributed by atoms with Gasteiger partial charge in [0.15, 0.2) is 0 Å². The molecule has 0 atom stereocenters. The zero-order valence-electron chi connectivity index (χ0n) is 21.6. The molecule has 0 spiro atoms. The van der Waals surface area contributed by atoms with Crippen LogP contribution in [-0.2, 0) is 10.0 Å². The number of thiazole rings is 1. The zero-order valence-corrected chi connectivity index (χ0v) is 24.0. The quantitative estimate of drug-likeness (QED) is 0.279. The van der Waals surface area contributed by atoms with Gasteiger partial charge < -0.3 is 5.32 Å². The highest BCUT2D eigenvalue weighted by Crippen LogP contribution is 2.34. The van der Waals surface area contributed by atoms with E-state index in [1.165, 1.54) is 23.5 Å². The van der Waals surface area contributed by atoms with Crippen LogP contribution >= 0.6 is 22.9 Å². The van der Waals surface area contributed by atoms with Gasteiger partial charge in [0, 0.05) is 24.2 Å². The van der Waals surface area contributed by atoms with Crippen LogP contribution in [0.2, 0.25) is 5.02 Å². The van der Waals surface area contributed by atoms with Crippen molar-refractivity contribution >= 4 is 54.9 Å². The molecule has 1 saturated carbocycles. The van der Waals surface area contributed by atoms with Gasteiger partial charge >= 0.3 is 0 Å². The van der Waals surface area contributed by atoms with E-state index in [1.807, 2.05) is 32.9 Å². The number of fused-ring (bicyclic) bond motifs is 1. The van der Waals surface area contributed by atoms with Crippen molar-refractivity contribution in [2.45, 2.75) is 63.8 Å². The zero-order chi connectivity index (χ0) is 27.0. The Morgan fingerprint density at radius 2 is 1.84 bits per heavy atom. The number of hydrogen-bond donors (Lipinski definition) is 1. The van der Waals surface area contributed by atoms with Crippen molar-refractivity contribution in [3.8, 4) is 5.13 Å². The largest absolute Gasteiger partial charge is 0.306 e. The van der Waals surface area contributed by atoms with Crippen molar-refractivity contribution < 1.29 is 13.2 Å². The van der Waals surface area contributed by atoms with Gasteiger partial charge in [-0.15, -0.1) is 0 Å². The first-order valence-corrected chi connectivity index (χ1v) is 15.4. The van der Waals surface area contributed by atoms with Gasteiger partial charge in [-0.1, -0.05) is 55.2 Å². The van der Waals surface area contributed by atoms with Crippen molar-refractivity contribution in [1.82, 2.24) is 19.1 Å². The van der Waals surface area contributed by atoms with Crippen LogP contribution in [-0.4, -0.2) is 46.0 Å². The number of carbonyl (C=O) groups excluding carboxylic acids is 1. The summed E-state index contributed by atoms with van der Waals surface area (Å²) in [6.07, 6.45) is 5.04. The molecule has 4 aromatic rings. The molecule has 1 fully saturated rings. The third kappa shape index (κ3) is 5.10. The highest BCUT2D eigenvalue weighted by atomic mass is 35.5. The average molecular weight is 572 g/mol. The molecule has 0 aliphatic heterocycles. The first-order valence-electron chi connectivity index (χ1n) is 12.7. The van der Waals surface area contributed by atoms with E-state index in [2.05, 4.69) is 10.4 Å². The van der Waals surface area contributed by atoms with Crippen LogP contribution in [0.15, 0.2) is 47.4 Å². The first-order chi connectivity index (χ1) is 18.2. The van der Waals surface area contributed by atoms with E-state index in [0.717, 1.165) is 47.9 Å². The van der Waals surface area contributed by atoms with Gasteiger partial charge in [0.25, 0.3) is 5.91 Å². The van der Waals surface area contributed by atoms with Crippen LogP contribution in [0.4, 0.5) is 5.82 Å². The predicted octanol–water partition coefficient (Wildman–Crippen LogP) is 6.35. The topological polar surface area (TPSA) is 97.2 Å². The number of rotatable bonds is 7. The van der Waals surface area contributed by atoms with E-state index in [0.29, 0.717) is 33.8 Å². The van der Waals surface area contributed by atoms with Crippen molar-refractivity contribution in [3.05, 3.63) is 64.3 Å². The number of nitrogens with zero attached hydrogens (tertiary/aromatic N) is 4. The molecular weight excluding hydrogens is 542 g/mol. The predicted molar refractivity (Wildman–Crippen MR) is 152 cm³/mol. The number of benzene rings is 2. The van der Waals surface area contributed by atoms with E-state index in [1.54, 1.807) is 27.2 Å².